The molecule has 1 atom stereocenters. The van der Waals surface area contributed by atoms with E-state index in [1.807, 2.05) is 25.8 Å². The van der Waals surface area contributed by atoms with Gasteiger partial charge >= 0.3 is 0 Å². The molecule has 0 aromatic carbocycles. The third-order valence-electron chi connectivity index (χ3n) is 4.34. The van der Waals surface area contributed by atoms with Crippen LogP contribution in [0.1, 0.15) is 46.3 Å². The van der Waals surface area contributed by atoms with Gasteiger partial charge in [0, 0.05) is 13.6 Å². The second kappa shape index (κ2) is 5.51. The summed E-state index contributed by atoms with van der Waals surface area (Å²) in [6.45, 7) is 4.52. The summed E-state index contributed by atoms with van der Waals surface area (Å²) in [5.41, 5.74) is 2.55. The normalized spacial score (nSPS) is 18.0. The summed E-state index contributed by atoms with van der Waals surface area (Å²) in [7, 11) is 3.50. The van der Waals surface area contributed by atoms with Crippen molar-refractivity contribution in [1.29, 1.82) is 0 Å². The highest BCUT2D eigenvalue weighted by molar-refractivity contribution is 5.95. The Morgan fingerprint density at radius 2 is 2.23 bits per heavy atom. The average molecular weight is 303 g/mol. The number of aromatic nitrogens is 2. The Labute approximate surface area is 129 Å². The van der Waals surface area contributed by atoms with Gasteiger partial charge in [0.2, 0.25) is 5.88 Å². The molecule has 0 spiro atoms. The lowest BCUT2D eigenvalue weighted by molar-refractivity contribution is 0.0732. The third kappa shape index (κ3) is 2.19. The van der Waals surface area contributed by atoms with Gasteiger partial charge in [0.15, 0.2) is 0 Å². The first-order valence-corrected chi connectivity index (χ1v) is 7.47. The molecule has 1 aliphatic rings. The number of nitrogens with zero attached hydrogens (tertiary/aromatic N) is 3. The van der Waals surface area contributed by atoms with Crippen molar-refractivity contribution in [2.24, 2.45) is 7.05 Å². The van der Waals surface area contributed by atoms with Crippen LogP contribution in [0, 0.1) is 13.8 Å². The molecule has 6 nitrogen and oxygen atoms in total. The highest BCUT2D eigenvalue weighted by atomic mass is 16.5. The van der Waals surface area contributed by atoms with Crippen molar-refractivity contribution < 1.29 is 13.9 Å². The lowest BCUT2D eigenvalue weighted by atomic mass is 10.0. The van der Waals surface area contributed by atoms with Crippen molar-refractivity contribution in [3.63, 3.8) is 0 Å². The number of hydrogen-bond donors (Lipinski definition) is 0. The SMILES string of the molecule is COc1c([C@@H]2CCCN2C(=O)c2ccoc2C)c(C)nn1C. The van der Waals surface area contributed by atoms with E-state index >= 15 is 0 Å². The number of rotatable bonds is 3. The van der Waals surface area contributed by atoms with Crippen molar-refractivity contribution in [1.82, 2.24) is 14.7 Å². The summed E-state index contributed by atoms with van der Waals surface area (Å²) in [6, 6.07) is 1.74. The van der Waals surface area contributed by atoms with E-state index in [1.54, 1.807) is 24.1 Å². The van der Waals surface area contributed by atoms with Crippen LogP contribution in [0.3, 0.4) is 0 Å². The highest BCUT2D eigenvalue weighted by Crippen LogP contribution is 2.39. The van der Waals surface area contributed by atoms with Crippen LogP contribution >= 0.6 is 0 Å². The molecule has 1 aliphatic heterocycles. The van der Waals surface area contributed by atoms with Crippen LogP contribution in [-0.4, -0.2) is 34.2 Å². The minimum absolute atomic E-state index is 0.00505. The van der Waals surface area contributed by atoms with Crippen LogP contribution in [0.25, 0.3) is 0 Å². The molecule has 1 amide bonds. The number of carbonyl (C=O) groups is 1. The summed E-state index contributed by atoms with van der Waals surface area (Å²) in [5, 5.41) is 4.44. The fourth-order valence-electron chi connectivity index (χ4n) is 3.35. The topological polar surface area (TPSA) is 60.5 Å². The highest BCUT2D eigenvalue weighted by Gasteiger charge is 2.36. The molecule has 6 heteroatoms. The zero-order valence-electron chi connectivity index (χ0n) is 13.4. The van der Waals surface area contributed by atoms with E-state index in [9.17, 15) is 4.79 Å². The van der Waals surface area contributed by atoms with Gasteiger partial charge < -0.3 is 14.1 Å². The molecule has 0 aliphatic carbocycles. The van der Waals surface area contributed by atoms with E-state index in [0.29, 0.717) is 11.3 Å². The standard InChI is InChI=1S/C16H21N3O3/c1-10-14(16(21-4)18(3)17-10)13-6-5-8-19(13)15(20)12-7-9-22-11(12)2/h7,9,13H,5-6,8H2,1-4H3/t13-/m0/s1. The lowest BCUT2D eigenvalue weighted by Gasteiger charge is -2.25. The van der Waals surface area contributed by atoms with E-state index in [-0.39, 0.29) is 11.9 Å². The monoisotopic (exact) mass is 303 g/mol. The Kier molecular flexibility index (Phi) is 3.68. The predicted octanol–water partition coefficient (Wildman–Crippen LogP) is 2.62. The van der Waals surface area contributed by atoms with Crippen LogP contribution in [0.5, 0.6) is 5.88 Å². The predicted molar refractivity (Wildman–Crippen MR) is 81.0 cm³/mol. The molecule has 0 radical (unpaired) electrons. The maximum Gasteiger partial charge on any atom is 0.257 e. The molecule has 2 aromatic rings. The number of amides is 1. The Balaban J connectivity index is 1.98. The molecule has 3 rings (SSSR count). The molecule has 1 fully saturated rings. The van der Waals surface area contributed by atoms with Crippen LogP contribution in [0.2, 0.25) is 0 Å². The molecule has 0 bridgehead atoms. The molecule has 3 heterocycles. The van der Waals surface area contributed by atoms with Crippen LogP contribution in [0.15, 0.2) is 16.7 Å². The van der Waals surface area contributed by atoms with Gasteiger partial charge in [-0.3, -0.25) is 4.79 Å². The number of likely N-dealkylation sites (tertiary alicyclic amines) is 1. The van der Waals surface area contributed by atoms with Gasteiger partial charge in [-0.2, -0.15) is 5.10 Å². The van der Waals surface area contributed by atoms with Gasteiger partial charge in [-0.1, -0.05) is 0 Å². The molecular weight excluding hydrogens is 282 g/mol. The van der Waals surface area contributed by atoms with Crippen LogP contribution in [-0.2, 0) is 7.05 Å². The van der Waals surface area contributed by atoms with E-state index in [0.717, 1.165) is 36.5 Å². The minimum Gasteiger partial charge on any atom is -0.481 e. The number of ether oxygens (including phenoxy) is 1. The summed E-state index contributed by atoms with van der Waals surface area (Å²) in [4.78, 5) is 14.7. The number of carbonyl (C=O) groups excluding carboxylic acids is 1. The number of aryl methyl sites for hydroxylation is 3. The van der Waals surface area contributed by atoms with Crippen molar-refractivity contribution in [2.45, 2.75) is 32.7 Å². The summed E-state index contributed by atoms with van der Waals surface area (Å²) in [5.74, 6) is 1.40. The smallest absolute Gasteiger partial charge is 0.257 e. The van der Waals surface area contributed by atoms with Crippen LogP contribution in [0.4, 0.5) is 0 Å². The Morgan fingerprint density at radius 3 is 2.86 bits per heavy atom. The Bertz CT molecular complexity index is 702. The maximum absolute atomic E-state index is 12.8. The van der Waals surface area contributed by atoms with E-state index in [2.05, 4.69) is 5.10 Å². The Morgan fingerprint density at radius 1 is 1.45 bits per heavy atom. The molecule has 2 aromatic heterocycles. The average Bonchev–Trinajstić information content (AvgIpc) is 3.16. The van der Waals surface area contributed by atoms with Gasteiger partial charge in [-0.05, 0) is 32.8 Å². The largest absolute Gasteiger partial charge is 0.481 e. The third-order valence-corrected chi connectivity index (χ3v) is 4.34. The van der Waals surface area contributed by atoms with Gasteiger partial charge in [0.05, 0.1) is 36.2 Å². The molecule has 0 N–H and O–H groups in total. The van der Waals surface area contributed by atoms with E-state index < -0.39 is 0 Å². The lowest BCUT2D eigenvalue weighted by Crippen LogP contribution is -2.31. The molecule has 118 valence electrons. The van der Waals surface area contributed by atoms with Crippen LogP contribution < -0.4 is 4.74 Å². The van der Waals surface area contributed by atoms with Gasteiger partial charge in [0.25, 0.3) is 5.91 Å². The fraction of sp³-hybridized carbons (Fsp3) is 0.500. The number of furan rings is 1. The molecule has 1 saturated heterocycles. The number of methoxy groups -OCH3 is 1. The first kappa shape index (κ1) is 14.7. The van der Waals surface area contributed by atoms with Gasteiger partial charge in [-0.25, -0.2) is 4.68 Å². The zero-order chi connectivity index (χ0) is 15.9. The first-order chi connectivity index (χ1) is 10.5. The fourth-order valence-corrected chi connectivity index (χ4v) is 3.35. The van der Waals surface area contributed by atoms with Crippen molar-refractivity contribution in [3.8, 4) is 5.88 Å². The maximum atomic E-state index is 12.8. The summed E-state index contributed by atoms with van der Waals surface area (Å²) in [6.07, 6.45) is 3.46. The van der Waals surface area contributed by atoms with E-state index in [1.165, 1.54) is 0 Å². The zero-order valence-corrected chi connectivity index (χ0v) is 13.4. The summed E-state index contributed by atoms with van der Waals surface area (Å²) >= 11 is 0. The van der Waals surface area contributed by atoms with Crippen molar-refractivity contribution in [3.05, 3.63) is 34.9 Å². The van der Waals surface area contributed by atoms with E-state index in [4.69, 9.17) is 9.15 Å². The molecular formula is C16H21N3O3. The summed E-state index contributed by atoms with van der Waals surface area (Å²) < 4.78 is 12.5. The molecule has 22 heavy (non-hydrogen) atoms. The number of hydrogen-bond acceptors (Lipinski definition) is 4. The second-order valence-corrected chi connectivity index (χ2v) is 5.68. The second-order valence-electron chi connectivity index (χ2n) is 5.68. The molecule has 0 saturated carbocycles. The van der Waals surface area contributed by atoms with Gasteiger partial charge in [0.1, 0.15) is 5.76 Å². The van der Waals surface area contributed by atoms with Gasteiger partial charge in [-0.15, -0.1) is 0 Å². The first-order valence-electron chi connectivity index (χ1n) is 7.47. The molecule has 0 unspecified atom stereocenters. The quantitative estimate of drug-likeness (QED) is 0.874. The van der Waals surface area contributed by atoms with Crippen molar-refractivity contribution in [2.75, 3.05) is 13.7 Å². The van der Waals surface area contributed by atoms with Crippen molar-refractivity contribution >= 4 is 5.91 Å². The minimum atomic E-state index is 0.00505. The Hall–Kier alpha value is -2.24.